The molecule has 1 heterocycles. The quantitative estimate of drug-likeness (QED) is 0.812. The van der Waals surface area contributed by atoms with Crippen LogP contribution in [0.5, 0.6) is 5.75 Å². The van der Waals surface area contributed by atoms with Gasteiger partial charge in [-0.15, -0.1) is 12.4 Å². The van der Waals surface area contributed by atoms with Crippen LogP contribution in [0, 0.1) is 0 Å². The maximum Gasteiger partial charge on any atom is 0.342 e. The van der Waals surface area contributed by atoms with Gasteiger partial charge >= 0.3 is 5.97 Å². The number of fused-ring (bicyclic) bond motifs is 1. The molecule has 0 bridgehead atoms. The lowest BCUT2D eigenvalue weighted by atomic mass is 10.1. The zero-order chi connectivity index (χ0) is 14.8. The van der Waals surface area contributed by atoms with Gasteiger partial charge in [0.1, 0.15) is 30.6 Å². The van der Waals surface area contributed by atoms with Crippen molar-refractivity contribution in [1.82, 2.24) is 5.32 Å². The van der Waals surface area contributed by atoms with Crippen LogP contribution in [0.25, 0.3) is 0 Å². The summed E-state index contributed by atoms with van der Waals surface area (Å²) in [6.07, 6.45) is -0.637. The summed E-state index contributed by atoms with van der Waals surface area (Å²) in [5, 5.41) is 13.1. The van der Waals surface area contributed by atoms with Gasteiger partial charge in [-0.2, -0.15) is 0 Å². The molecule has 0 saturated heterocycles. The van der Waals surface area contributed by atoms with Crippen LogP contribution in [0.1, 0.15) is 36.7 Å². The van der Waals surface area contributed by atoms with Gasteiger partial charge in [-0.3, -0.25) is 0 Å². The predicted molar refractivity (Wildman–Crippen MR) is 82.1 cm³/mol. The van der Waals surface area contributed by atoms with Crippen molar-refractivity contribution in [3.63, 3.8) is 0 Å². The number of carbonyl (C=O) groups is 1. The van der Waals surface area contributed by atoms with Crippen LogP contribution in [-0.4, -0.2) is 35.9 Å². The Kier molecular flexibility index (Phi) is 6.01. The number of cyclic esters (lactones) is 1. The number of nitrogens with one attached hydrogen (secondary N) is 1. The van der Waals surface area contributed by atoms with Gasteiger partial charge in [-0.05, 0) is 26.8 Å². The third-order valence-electron chi connectivity index (χ3n) is 2.97. The van der Waals surface area contributed by atoms with Crippen molar-refractivity contribution >= 4 is 18.4 Å². The molecule has 1 aromatic rings. The fraction of sp³-hybridized carbons (Fsp3) is 0.533. The molecule has 1 aliphatic rings. The second-order valence-corrected chi connectivity index (χ2v) is 5.96. The van der Waals surface area contributed by atoms with Crippen LogP contribution in [0.15, 0.2) is 18.2 Å². The lowest BCUT2D eigenvalue weighted by Crippen LogP contribution is -2.42. The van der Waals surface area contributed by atoms with Gasteiger partial charge in [0.05, 0.1) is 0 Å². The van der Waals surface area contributed by atoms with E-state index in [-0.39, 0.29) is 30.5 Å². The van der Waals surface area contributed by atoms with E-state index in [1.165, 1.54) is 0 Å². The van der Waals surface area contributed by atoms with Crippen molar-refractivity contribution in [2.24, 2.45) is 0 Å². The van der Waals surface area contributed by atoms with Crippen molar-refractivity contribution in [2.45, 2.75) is 39.0 Å². The average molecular weight is 316 g/mol. The zero-order valence-corrected chi connectivity index (χ0v) is 13.3. The fourth-order valence-electron chi connectivity index (χ4n) is 1.93. The Bertz CT molecular complexity index is 499. The molecule has 5 nitrogen and oxygen atoms in total. The SMILES string of the molecule is CC(C)(C)NC[C@H](O)COc1cccc2c1C(=O)OC2.Cl. The summed E-state index contributed by atoms with van der Waals surface area (Å²) in [6, 6.07) is 5.37. The molecule has 0 radical (unpaired) electrons. The molecule has 0 amide bonds. The summed E-state index contributed by atoms with van der Waals surface area (Å²) in [6.45, 7) is 6.94. The van der Waals surface area contributed by atoms with Crippen LogP contribution in [0.3, 0.4) is 0 Å². The van der Waals surface area contributed by atoms with Gasteiger partial charge in [0.25, 0.3) is 0 Å². The Hall–Kier alpha value is -1.30. The first-order chi connectivity index (χ1) is 9.37. The minimum atomic E-state index is -0.637. The predicted octanol–water partition coefficient (Wildman–Crippen LogP) is 1.91. The number of esters is 1. The summed E-state index contributed by atoms with van der Waals surface area (Å²) >= 11 is 0. The second kappa shape index (κ2) is 7.11. The smallest absolute Gasteiger partial charge is 0.342 e. The van der Waals surface area contributed by atoms with E-state index < -0.39 is 6.10 Å². The van der Waals surface area contributed by atoms with Crippen LogP contribution in [0.4, 0.5) is 0 Å². The number of β-amino-alcohol motifs (C(OH)–C–C–N with tert-alkyl or cyclic N) is 1. The number of ether oxygens (including phenoxy) is 2. The summed E-state index contributed by atoms with van der Waals surface area (Å²) < 4.78 is 10.5. The van der Waals surface area contributed by atoms with Gasteiger partial charge in [-0.1, -0.05) is 12.1 Å². The van der Waals surface area contributed by atoms with E-state index in [9.17, 15) is 9.90 Å². The number of hydrogen-bond acceptors (Lipinski definition) is 5. The van der Waals surface area contributed by atoms with Crippen LogP contribution in [-0.2, 0) is 11.3 Å². The summed E-state index contributed by atoms with van der Waals surface area (Å²) in [7, 11) is 0. The van der Waals surface area contributed by atoms with Gasteiger partial charge < -0.3 is 19.9 Å². The highest BCUT2D eigenvalue weighted by Crippen LogP contribution is 2.29. The highest BCUT2D eigenvalue weighted by Gasteiger charge is 2.25. The molecule has 2 rings (SSSR count). The van der Waals surface area contributed by atoms with E-state index in [2.05, 4.69) is 5.32 Å². The standard InChI is InChI=1S/C15H21NO4.ClH/c1-15(2,3)16-7-11(17)9-19-12-6-4-5-10-8-20-14(18)13(10)12;/h4-6,11,16-17H,7-9H2,1-3H3;1H/t11-;/m0./s1. The molecule has 0 aliphatic carbocycles. The fourth-order valence-corrected chi connectivity index (χ4v) is 1.93. The molecule has 1 atom stereocenters. The minimum Gasteiger partial charge on any atom is -0.490 e. The molecule has 6 heteroatoms. The normalized spacial score (nSPS) is 15.0. The molecule has 21 heavy (non-hydrogen) atoms. The molecule has 0 saturated carbocycles. The van der Waals surface area contributed by atoms with E-state index in [0.717, 1.165) is 5.56 Å². The molecular formula is C15H22ClNO4. The molecule has 0 unspecified atom stereocenters. The average Bonchev–Trinajstić information content (AvgIpc) is 2.76. The van der Waals surface area contributed by atoms with E-state index in [1.54, 1.807) is 6.07 Å². The third kappa shape index (κ3) is 4.88. The van der Waals surface area contributed by atoms with E-state index in [0.29, 0.717) is 24.5 Å². The van der Waals surface area contributed by atoms with Gasteiger partial charge in [0.15, 0.2) is 0 Å². The largest absolute Gasteiger partial charge is 0.490 e. The summed E-state index contributed by atoms with van der Waals surface area (Å²) in [5.74, 6) is 0.109. The third-order valence-corrected chi connectivity index (χ3v) is 2.97. The van der Waals surface area contributed by atoms with E-state index in [1.807, 2.05) is 32.9 Å². The highest BCUT2D eigenvalue weighted by molar-refractivity contribution is 5.96. The number of carbonyl (C=O) groups excluding carboxylic acids is 1. The topological polar surface area (TPSA) is 67.8 Å². The van der Waals surface area contributed by atoms with E-state index >= 15 is 0 Å². The minimum absolute atomic E-state index is 0. The first-order valence-electron chi connectivity index (χ1n) is 6.72. The molecular weight excluding hydrogens is 294 g/mol. The lowest BCUT2D eigenvalue weighted by molar-refractivity contribution is 0.0528. The first kappa shape index (κ1) is 17.8. The monoisotopic (exact) mass is 315 g/mol. The molecule has 1 aromatic carbocycles. The number of hydrogen-bond donors (Lipinski definition) is 2. The Labute approximate surface area is 131 Å². The Morgan fingerprint density at radius 1 is 1.43 bits per heavy atom. The number of rotatable bonds is 5. The van der Waals surface area contributed by atoms with Gasteiger partial charge in [-0.25, -0.2) is 4.79 Å². The van der Waals surface area contributed by atoms with Crippen molar-refractivity contribution in [3.05, 3.63) is 29.3 Å². The number of halogens is 1. The van der Waals surface area contributed by atoms with Crippen LogP contribution < -0.4 is 10.1 Å². The molecule has 0 spiro atoms. The molecule has 0 fully saturated rings. The van der Waals surface area contributed by atoms with Gasteiger partial charge in [0.2, 0.25) is 0 Å². The molecule has 0 aromatic heterocycles. The van der Waals surface area contributed by atoms with Crippen molar-refractivity contribution in [1.29, 1.82) is 0 Å². The molecule has 2 N–H and O–H groups in total. The van der Waals surface area contributed by atoms with Crippen molar-refractivity contribution < 1.29 is 19.4 Å². The Balaban J connectivity index is 0.00000220. The van der Waals surface area contributed by atoms with Crippen molar-refractivity contribution in [2.75, 3.05) is 13.2 Å². The maximum absolute atomic E-state index is 11.6. The zero-order valence-electron chi connectivity index (χ0n) is 12.5. The van der Waals surface area contributed by atoms with Gasteiger partial charge in [0, 0.05) is 17.6 Å². The first-order valence-corrected chi connectivity index (χ1v) is 6.72. The van der Waals surface area contributed by atoms with E-state index in [4.69, 9.17) is 9.47 Å². The summed E-state index contributed by atoms with van der Waals surface area (Å²) in [4.78, 5) is 11.6. The number of aliphatic hydroxyl groups excluding tert-OH is 1. The number of benzene rings is 1. The maximum atomic E-state index is 11.6. The second-order valence-electron chi connectivity index (χ2n) is 5.96. The highest BCUT2D eigenvalue weighted by atomic mass is 35.5. The van der Waals surface area contributed by atoms with Crippen LogP contribution in [0.2, 0.25) is 0 Å². The Morgan fingerprint density at radius 3 is 2.81 bits per heavy atom. The van der Waals surface area contributed by atoms with Crippen molar-refractivity contribution in [3.8, 4) is 5.75 Å². The number of aliphatic hydroxyl groups is 1. The Morgan fingerprint density at radius 2 is 2.14 bits per heavy atom. The lowest BCUT2D eigenvalue weighted by Gasteiger charge is -2.23. The van der Waals surface area contributed by atoms with Crippen LogP contribution >= 0.6 is 12.4 Å². The summed E-state index contributed by atoms with van der Waals surface area (Å²) in [5.41, 5.74) is 1.25. The molecule has 118 valence electrons. The molecule has 1 aliphatic heterocycles.